The number of hydrogen-bond acceptors (Lipinski definition) is 4. The van der Waals surface area contributed by atoms with Crippen LogP contribution in [0.3, 0.4) is 0 Å². The van der Waals surface area contributed by atoms with Crippen LogP contribution in [0.4, 0.5) is 0 Å². The molecule has 0 radical (unpaired) electrons. The van der Waals surface area contributed by atoms with Gasteiger partial charge in [0.05, 0.1) is 29.5 Å². The smallest absolute Gasteiger partial charge is 0.222 e. The van der Waals surface area contributed by atoms with E-state index in [1.807, 2.05) is 29.4 Å². The molecule has 0 bridgehead atoms. The third kappa shape index (κ3) is 3.25. The lowest BCUT2D eigenvalue weighted by Crippen LogP contribution is -2.36. The van der Waals surface area contributed by atoms with E-state index in [0.29, 0.717) is 18.3 Å². The molecule has 1 amide bonds. The van der Waals surface area contributed by atoms with Gasteiger partial charge in [-0.2, -0.15) is 11.3 Å². The van der Waals surface area contributed by atoms with E-state index in [1.165, 1.54) is 5.56 Å². The van der Waals surface area contributed by atoms with Crippen molar-refractivity contribution >= 4 is 28.3 Å². The number of benzene rings is 1. The lowest BCUT2D eigenvalue weighted by molar-refractivity contribution is -0.130. The number of likely N-dealkylation sites (tertiary alicyclic amines) is 1. The molecule has 0 spiro atoms. The van der Waals surface area contributed by atoms with Crippen molar-refractivity contribution in [2.45, 2.75) is 37.8 Å². The maximum atomic E-state index is 12.7. The van der Waals surface area contributed by atoms with Gasteiger partial charge < -0.3 is 14.6 Å². The van der Waals surface area contributed by atoms with Crippen LogP contribution in [-0.2, 0) is 11.2 Å². The number of carbonyl (C=O) groups excluding carboxylic acids is 1. The molecule has 1 saturated carbocycles. The van der Waals surface area contributed by atoms with Gasteiger partial charge in [0.25, 0.3) is 0 Å². The first kappa shape index (κ1) is 17.9. The second-order valence-corrected chi connectivity index (χ2v) is 8.98. The highest BCUT2D eigenvalue weighted by atomic mass is 32.1. The minimum absolute atomic E-state index is 0.0366. The molecule has 5 rings (SSSR count). The summed E-state index contributed by atoms with van der Waals surface area (Å²) in [6.45, 7) is 1.62. The van der Waals surface area contributed by atoms with Gasteiger partial charge in [-0.3, -0.25) is 4.79 Å². The number of amides is 1. The summed E-state index contributed by atoms with van der Waals surface area (Å²) >= 11 is 1.68. The van der Waals surface area contributed by atoms with E-state index in [-0.39, 0.29) is 18.1 Å². The Morgan fingerprint density at radius 2 is 2.00 bits per heavy atom. The monoisotopic (exact) mass is 395 g/mol. The van der Waals surface area contributed by atoms with Crippen molar-refractivity contribution in [3.05, 3.63) is 53.0 Å². The zero-order valence-corrected chi connectivity index (χ0v) is 16.6. The lowest BCUT2D eigenvalue weighted by atomic mass is 9.77. The largest absolute Gasteiger partial charge is 0.391 e. The molecule has 2 aromatic heterocycles. The number of aromatic nitrogens is 2. The molecule has 3 heterocycles. The topological polar surface area (TPSA) is 58.4 Å². The van der Waals surface area contributed by atoms with Gasteiger partial charge in [0.1, 0.15) is 0 Å². The summed E-state index contributed by atoms with van der Waals surface area (Å²) in [5.41, 5.74) is 3.29. The molecule has 4 atom stereocenters. The van der Waals surface area contributed by atoms with E-state index < -0.39 is 0 Å². The van der Waals surface area contributed by atoms with Crippen molar-refractivity contribution in [2.75, 3.05) is 13.1 Å². The average molecular weight is 396 g/mol. The van der Waals surface area contributed by atoms with E-state index >= 15 is 0 Å². The Kier molecular flexibility index (Phi) is 4.69. The van der Waals surface area contributed by atoms with Crippen LogP contribution in [0.2, 0.25) is 0 Å². The number of carbonyl (C=O) groups is 1. The van der Waals surface area contributed by atoms with Gasteiger partial charge in [0.15, 0.2) is 0 Å². The second kappa shape index (κ2) is 7.33. The normalized spacial score (nSPS) is 27.2. The summed E-state index contributed by atoms with van der Waals surface area (Å²) in [6.07, 6.45) is 4.53. The highest BCUT2D eigenvalue weighted by Crippen LogP contribution is 2.42. The molecule has 1 aromatic carbocycles. The zero-order chi connectivity index (χ0) is 19.1. The Balaban J connectivity index is 1.27. The SMILES string of the molecule is O=C(CCc1ccsc1)N1C[C@H]2C[C@@H](n3cnc4ccccc43)[C@H](O)C[C@H]2C1. The number of para-hydroxylation sites is 2. The molecule has 3 aromatic rings. The summed E-state index contributed by atoms with van der Waals surface area (Å²) in [4.78, 5) is 19.2. The Morgan fingerprint density at radius 3 is 2.82 bits per heavy atom. The Morgan fingerprint density at radius 1 is 1.18 bits per heavy atom. The minimum Gasteiger partial charge on any atom is -0.391 e. The predicted molar refractivity (Wildman–Crippen MR) is 110 cm³/mol. The molecule has 5 nitrogen and oxygen atoms in total. The summed E-state index contributed by atoms with van der Waals surface area (Å²) in [7, 11) is 0. The Bertz CT molecular complexity index is 967. The van der Waals surface area contributed by atoms with Gasteiger partial charge in [-0.15, -0.1) is 0 Å². The molecular formula is C22H25N3O2S. The third-order valence-electron chi connectivity index (χ3n) is 6.51. The molecule has 6 heteroatoms. The number of thiophene rings is 1. The third-order valence-corrected chi connectivity index (χ3v) is 7.24. The first-order valence-electron chi connectivity index (χ1n) is 10.1. The zero-order valence-electron chi connectivity index (χ0n) is 15.8. The van der Waals surface area contributed by atoms with Crippen molar-refractivity contribution < 1.29 is 9.90 Å². The van der Waals surface area contributed by atoms with Crippen LogP contribution >= 0.6 is 11.3 Å². The number of hydrogen-bond donors (Lipinski definition) is 1. The molecule has 1 aliphatic heterocycles. The molecule has 1 aliphatic carbocycles. The van der Waals surface area contributed by atoms with Crippen molar-refractivity contribution in [3.8, 4) is 0 Å². The van der Waals surface area contributed by atoms with Crippen LogP contribution in [0.1, 0.15) is 30.9 Å². The average Bonchev–Trinajstić information content (AvgIpc) is 3.44. The van der Waals surface area contributed by atoms with E-state index in [4.69, 9.17) is 0 Å². The number of aliphatic hydroxyl groups excluding tert-OH is 1. The number of imidazole rings is 1. The molecule has 1 saturated heterocycles. The predicted octanol–water partition coefficient (Wildman–Crippen LogP) is 3.50. The van der Waals surface area contributed by atoms with Gasteiger partial charge in [-0.1, -0.05) is 12.1 Å². The van der Waals surface area contributed by atoms with Crippen LogP contribution < -0.4 is 0 Å². The Labute approximate surface area is 168 Å². The standard InChI is InChI=1S/C22H25N3O2S/c26-21-10-17-12-24(22(27)6-5-15-7-8-28-13-15)11-16(17)9-20(21)25-14-23-18-3-1-2-4-19(18)25/h1-4,7-8,13-14,16-17,20-21,26H,5-6,9-12H2/t16-,17+,20-,21-/m1/s1. The van der Waals surface area contributed by atoms with Crippen LogP contribution in [-0.4, -0.2) is 44.7 Å². The van der Waals surface area contributed by atoms with Crippen LogP contribution in [0, 0.1) is 11.8 Å². The van der Waals surface area contributed by atoms with E-state index in [9.17, 15) is 9.90 Å². The van der Waals surface area contributed by atoms with Gasteiger partial charge >= 0.3 is 0 Å². The van der Waals surface area contributed by atoms with Crippen molar-refractivity contribution in [2.24, 2.45) is 11.8 Å². The highest BCUT2D eigenvalue weighted by molar-refractivity contribution is 7.07. The minimum atomic E-state index is -0.389. The van der Waals surface area contributed by atoms with Gasteiger partial charge in [-0.25, -0.2) is 4.98 Å². The van der Waals surface area contributed by atoms with E-state index in [1.54, 1.807) is 11.3 Å². The van der Waals surface area contributed by atoms with Crippen LogP contribution in [0.25, 0.3) is 11.0 Å². The fraction of sp³-hybridized carbons (Fsp3) is 0.455. The molecule has 28 heavy (non-hydrogen) atoms. The number of aryl methyl sites for hydroxylation is 1. The molecule has 1 N–H and O–H groups in total. The maximum Gasteiger partial charge on any atom is 0.222 e. The first-order chi connectivity index (χ1) is 13.7. The number of nitrogens with zero attached hydrogens (tertiary/aromatic N) is 3. The van der Waals surface area contributed by atoms with Crippen LogP contribution in [0.15, 0.2) is 47.4 Å². The molecule has 2 aliphatic rings. The summed E-state index contributed by atoms with van der Waals surface area (Å²) in [5.74, 6) is 1.12. The fourth-order valence-electron chi connectivity index (χ4n) is 5.00. The van der Waals surface area contributed by atoms with Crippen molar-refractivity contribution in [3.63, 3.8) is 0 Å². The molecule has 2 fully saturated rings. The quantitative estimate of drug-likeness (QED) is 0.736. The van der Waals surface area contributed by atoms with Gasteiger partial charge in [0.2, 0.25) is 5.91 Å². The van der Waals surface area contributed by atoms with Gasteiger partial charge in [0, 0.05) is 19.5 Å². The lowest BCUT2D eigenvalue weighted by Gasteiger charge is -2.36. The van der Waals surface area contributed by atoms with Gasteiger partial charge in [-0.05, 0) is 65.6 Å². The van der Waals surface area contributed by atoms with Crippen molar-refractivity contribution in [1.29, 1.82) is 0 Å². The maximum absolute atomic E-state index is 12.7. The fourth-order valence-corrected chi connectivity index (χ4v) is 5.70. The number of rotatable bonds is 4. The molecule has 0 unspecified atom stereocenters. The van der Waals surface area contributed by atoms with E-state index in [2.05, 4.69) is 32.4 Å². The van der Waals surface area contributed by atoms with Crippen LogP contribution in [0.5, 0.6) is 0 Å². The molecular weight excluding hydrogens is 370 g/mol. The number of fused-ring (bicyclic) bond motifs is 2. The highest BCUT2D eigenvalue weighted by Gasteiger charge is 2.43. The molecule has 146 valence electrons. The van der Waals surface area contributed by atoms with E-state index in [0.717, 1.165) is 43.4 Å². The summed E-state index contributed by atoms with van der Waals surface area (Å²) in [5, 5.41) is 15.0. The summed E-state index contributed by atoms with van der Waals surface area (Å²) < 4.78 is 2.14. The Hall–Kier alpha value is -2.18. The summed E-state index contributed by atoms with van der Waals surface area (Å²) in [6, 6.07) is 10.2. The number of aliphatic hydroxyl groups is 1. The first-order valence-corrected chi connectivity index (χ1v) is 11.0. The second-order valence-electron chi connectivity index (χ2n) is 8.20. The van der Waals surface area contributed by atoms with Crippen molar-refractivity contribution in [1.82, 2.24) is 14.5 Å².